The maximum atomic E-state index is 5.88. The summed E-state index contributed by atoms with van der Waals surface area (Å²) in [7, 11) is 2.03. The van der Waals surface area contributed by atoms with Crippen LogP contribution >= 0.6 is 0 Å². The summed E-state index contributed by atoms with van der Waals surface area (Å²) in [6, 6.07) is 2.45. The fraction of sp³-hybridized carbons (Fsp3) is 0.800. The molecule has 3 unspecified atom stereocenters. The van der Waals surface area contributed by atoms with E-state index in [2.05, 4.69) is 30.4 Å². The molecule has 0 radical (unpaired) electrons. The molecule has 0 bridgehead atoms. The molecule has 1 aliphatic carbocycles. The van der Waals surface area contributed by atoms with Crippen LogP contribution in [0.2, 0.25) is 0 Å². The molecule has 1 saturated carbocycles. The van der Waals surface area contributed by atoms with Gasteiger partial charge in [-0.15, -0.1) is 0 Å². The summed E-state index contributed by atoms with van der Waals surface area (Å²) in [5, 5.41) is 4.56. The number of hydrogen-bond acceptors (Lipinski definition) is 3. The van der Waals surface area contributed by atoms with E-state index in [1.165, 1.54) is 37.8 Å². The van der Waals surface area contributed by atoms with Gasteiger partial charge in [0.2, 0.25) is 0 Å². The number of nitrogens with two attached hydrogens (primary N) is 1. The van der Waals surface area contributed by atoms with Crippen molar-refractivity contribution in [3.05, 3.63) is 17.5 Å². The van der Waals surface area contributed by atoms with Crippen LogP contribution in [0.25, 0.3) is 0 Å². The summed E-state index contributed by atoms with van der Waals surface area (Å²) in [6.07, 6.45) is 7.56. The van der Waals surface area contributed by atoms with E-state index >= 15 is 0 Å². The van der Waals surface area contributed by atoms with Crippen molar-refractivity contribution in [2.45, 2.75) is 58.4 Å². The molecule has 1 aromatic heterocycles. The van der Waals surface area contributed by atoms with Crippen molar-refractivity contribution in [2.75, 3.05) is 0 Å². The van der Waals surface area contributed by atoms with Crippen molar-refractivity contribution in [3.8, 4) is 0 Å². The van der Waals surface area contributed by atoms with Crippen LogP contribution in [0.3, 0.4) is 0 Å². The summed E-state index contributed by atoms with van der Waals surface area (Å²) >= 11 is 0. The molecule has 1 aliphatic rings. The average molecular weight is 264 g/mol. The van der Waals surface area contributed by atoms with Gasteiger partial charge < -0.3 is 0 Å². The maximum absolute atomic E-state index is 5.88. The van der Waals surface area contributed by atoms with Gasteiger partial charge in [0, 0.05) is 7.05 Å². The van der Waals surface area contributed by atoms with Crippen LogP contribution in [-0.2, 0) is 13.5 Å². The van der Waals surface area contributed by atoms with Crippen molar-refractivity contribution in [2.24, 2.45) is 24.7 Å². The largest absolute Gasteiger partial charge is 0.271 e. The minimum Gasteiger partial charge on any atom is -0.271 e. The van der Waals surface area contributed by atoms with Gasteiger partial charge in [0.1, 0.15) is 0 Å². The molecule has 0 spiro atoms. The number of hydrazine groups is 1. The SMILES string of the molecule is CCc1cc(C(NN)C2CCCCC2CC)n(C)n1. The number of aromatic nitrogens is 2. The highest BCUT2D eigenvalue weighted by Gasteiger charge is 2.32. The van der Waals surface area contributed by atoms with Gasteiger partial charge in [-0.1, -0.05) is 39.5 Å². The Morgan fingerprint density at radius 3 is 2.74 bits per heavy atom. The first-order chi connectivity index (χ1) is 9.21. The highest BCUT2D eigenvalue weighted by atomic mass is 15.3. The van der Waals surface area contributed by atoms with Gasteiger partial charge >= 0.3 is 0 Å². The Morgan fingerprint density at radius 2 is 2.16 bits per heavy atom. The number of nitrogens with zero attached hydrogens (tertiary/aromatic N) is 2. The molecule has 0 saturated heterocycles. The second kappa shape index (κ2) is 6.53. The van der Waals surface area contributed by atoms with Crippen LogP contribution in [-0.4, -0.2) is 9.78 Å². The van der Waals surface area contributed by atoms with Gasteiger partial charge in [-0.05, 0) is 30.7 Å². The highest BCUT2D eigenvalue weighted by Crippen LogP contribution is 2.39. The molecule has 2 rings (SSSR count). The Bertz CT molecular complexity index is 399. The Kier molecular flexibility index (Phi) is 4.99. The van der Waals surface area contributed by atoms with Crippen LogP contribution in [0.5, 0.6) is 0 Å². The number of aryl methyl sites for hydroxylation is 2. The standard InChI is InChI=1S/C15H28N4/c1-4-11-8-6-7-9-13(11)15(17-16)14-10-12(5-2)18-19(14)3/h10-11,13,15,17H,4-9,16H2,1-3H3. The molecular weight excluding hydrogens is 236 g/mol. The van der Waals surface area contributed by atoms with E-state index in [1.807, 2.05) is 11.7 Å². The predicted octanol–water partition coefficient (Wildman–Crippen LogP) is 2.70. The lowest BCUT2D eigenvalue weighted by molar-refractivity contribution is 0.171. The second-order valence-electron chi connectivity index (χ2n) is 5.80. The van der Waals surface area contributed by atoms with Crippen LogP contribution in [0.15, 0.2) is 6.07 Å². The fourth-order valence-corrected chi connectivity index (χ4v) is 3.62. The van der Waals surface area contributed by atoms with Gasteiger partial charge in [-0.25, -0.2) is 0 Å². The Labute approximate surface area is 116 Å². The Balaban J connectivity index is 2.24. The minimum atomic E-state index is 0.239. The van der Waals surface area contributed by atoms with Crippen LogP contribution in [0.4, 0.5) is 0 Å². The van der Waals surface area contributed by atoms with Crippen molar-refractivity contribution >= 4 is 0 Å². The zero-order chi connectivity index (χ0) is 13.8. The molecule has 3 N–H and O–H groups in total. The molecule has 0 amide bonds. The third-order valence-electron chi connectivity index (χ3n) is 4.75. The zero-order valence-corrected chi connectivity index (χ0v) is 12.5. The molecule has 4 heteroatoms. The van der Waals surface area contributed by atoms with Crippen LogP contribution in [0, 0.1) is 11.8 Å². The number of hydrogen-bond donors (Lipinski definition) is 2. The third-order valence-corrected chi connectivity index (χ3v) is 4.75. The average Bonchev–Trinajstić information content (AvgIpc) is 2.82. The molecule has 0 aliphatic heterocycles. The van der Waals surface area contributed by atoms with Crippen LogP contribution in [0.1, 0.15) is 63.4 Å². The topological polar surface area (TPSA) is 55.9 Å². The quantitative estimate of drug-likeness (QED) is 0.635. The molecular formula is C15H28N4. The first-order valence-corrected chi connectivity index (χ1v) is 7.70. The fourth-order valence-electron chi connectivity index (χ4n) is 3.62. The van der Waals surface area contributed by atoms with Gasteiger partial charge in [-0.3, -0.25) is 16.0 Å². The lowest BCUT2D eigenvalue weighted by atomic mass is 9.73. The molecule has 0 aromatic carbocycles. The van der Waals surface area contributed by atoms with E-state index in [0.717, 1.165) is 18.0 Å². The summed E-state index contributed by atoms with van der Waals surface area (Å²) in [4.78, 5) is 0. The molecule has 108 valence electrons. The third kappa shape index (κ3) is 3.00. The molecule has 4 nitrogen and oxygen atoms in total. The first kappa shape index (κ1) is 14.5. The summed E-state index contributed by atoms with van der Waals surface area (Å²) in [5.41, 5.74) is 5.46. The second-order valence-corrected chi connectivity index (χ2v) is 5.80. The van der Waals surface area contributed by atoms with Crippen LogP contribution < -0.4 is 11.3 Å². The Hall–Kier alpha value is -0.870. The van der Waals surface area contributed by atoms with E-state index < -0.39 is 0 Å². The number of rotatable bonds is 5. The lowest BCUT2D eigenvalue weighted by Gasteiger charge is -2.36. The van der Waals surface area contributed by atoms with E-state index in [0.29, 0.717) is 5.92 Å². The van der Waals surface area contributed by atoms with Crippen molar-refractivity contribution < 1.29 is 0 Å². The van der Waals surface area contributed by atoms with Gasteiger partial charge in [0.15, 0.2) is 0 Å². The van der Waals surface area contributed by atoms with Gasteiger partial charge in [0.05, 0.1) is 17.4 Å². The van der Waals surface area contributed by atoms with E-state index in [4.69, 9.17) is 5.84 Å². The monoisotopic (exact) mass is 264 g/mol. The van der Waals surface area contributed by atoms with E-state index in [9.17, 15) is 0 Å². The molecule has 1 fully saturated rings. The summed E-state index contributed by atoms with van der Waals surface area (Å²) < 4.78 is 2.00. The normalized spacial score (nSPS) is 25.5. The van der Waals surface area contributed by atoms with Crippen molar-refractivity contribution in [1.29, 1.82) is 0 Å². The summed E-state index contributed by atoms with van der Waals surface area (Å²) in [5.74, 6) is 7.31. The zero-order valence-electron chi connectivity index (χ0n) is 12.5. The van der Waals surface area contributed by atoms with Crippen molar-refractivity contribution in [1.82, 2.24) is 15.2 Å². The van der Waals surface area contributed by atoms with Crippen molar-refractivity contribution in [3.63, 3.8) is 0 Å². The Morgan fingerprint density at radius 1 is 1.42 bits per heavy atom. The van der Waals surface area contributed by atoms with Gasteiger partial charge in [0.25, 0.3) is 0 Å². The molecule has 1 aromatic rings. The molecule has 1 heterocycles. The summed E-state index contributed by atoms with van der Waals surface area (Å²) in [6.45, 7) is 4.45. The lowest BCUT2D eigenvalue weighted by Crippen LogP contribution is -2.39. The first-order valence-electron chi connectivity index (χ1n) is 7.70. The molecule has 19 heavy (non-hydrogen) atoms. The molecule has 3 atom stereocenters. The smallest absolute Gasteiger partial charge is 0.0659 e. The van der Waals surface area contributed by atoms with E-state index in [-0.39, 0.29) is 6.04 Å². The van der Waals surface area contributed by atoms with Gasteiger partial charge in [-0.2, -0.15) is 5.10 Å². The number of nitrogens with one attached hydrogen (secondary N) is 1. The highest BCUT2D eigenvalue weighted by molar-refractivity contribution is 5.15. The predicted molar refractivity (Wildman–Crippen MR) is 78.4 cm³/mol. The maximum Gasteiger partial charge on any atom is 0.0659 e. The minimum absolute atomic E-state index is 0.239. The van der Waals surface area contributed by atoms with E-state index in [1.54, 1.807) is 0 Å².